The van der Waals surface area contributed by atoms with Crippen LogP contribution in [0.2, 0.25) is 0 Å². The van der Waals surface area contributed by atoms with E-state index in [0.29, 0.717) is 15.1 Å². The van der Waals surface area contributed by atoms with Gasteiger partial charge in [0, 0.05) is 46.2 Å². The molecule has 14 nitrogen and oxygen atoms in total. The van der Waals surface area contributed by atoms with Crippen LogP contribution in [0.3, 0.4) is 0 Å². The van der Waals surface area contributed by atoms with E-state index in [1.54, 1.807) is 6.92 Å². The molecule has 0 spiro atoms. The van der Waals surface area contributed by atoms with Crippen molar-refractivity contribution in [2.45, 2.75) is 70.2 Å². The van der Waals surface area contributed by atoms with Crippen LogP contribution >= 0.6 is 44.2 Å². The van der Waals surface area contributed by atoms with Crippen LogP contribution in [0.15, 0.2) is 16.0 Å². The van der Waals surface area contributed by atoms with Gasteiger partial charge in [-0.05, 0) is 40.3 Å². The number of hydrogen-bond acceptors (Lipinski definition) is 13. The topological polar surface area (TPSA) is 181 Å². The molecule has 0 radical (unpaired) electrons. The molecule has 0 aliphatic carbocycles. The molecule has 0 bridgehead atoms. The van der Waals surface area contributed by atoms with Crippen LogP contribution in [0.5, 0.6) is 0 Å². The van der Waals surface area contributed by atoms with Crippen LogP contribution in [0.1, 0.15) is 40.8 Å². The second-order valence-corrected chi connectivity index (χ2v) is 11.6. The fourth-order valence-electron chi connectivity index (χ4n) is 3.47. The lowest BCUT2D eigenvalue weighted by Gasteiger charge is -2.24. The van der Waals surface area contributed by atoms with E-state index >= 15 is 0 Å². The monoisotopic (exact) mass is 700 g/mol. The standard InChI is InChI=1S/C22H29IN4O10S2/c1-6-24-19(32)15(25-10(2)28)9-38-39-20-14(23)7-27(22(33)26-20)21-18(36-13(5)31)17(35-12(4)30)16(37-21)8-34-11(3)29/h7,15-18,21H,6,8-9H2,1-5H3,(H,24,32)(H,25,28)/t15-,16+,17+,18+,21+/m0/s1. The molecule has 2 N–H and O–H groups in total. The predicted molar refractivity (Wildman–Crippen MR) is 147 cm³/mol. The highest BCUT2D eigenvalue weighted by molar-refractivity contribution is 14.1. The Morgan fingerprint density at radius 1 is 1.10 bits per heavy atom. The number of amides is 2. The predicted octanol–water partition coefficient (Wildman–Crippen LogP) is 0.553. The molecule has 1 aromatic heterocycles. The fourth-order valence-corrected chi connectivity index (χ4v) is 6.80. The smallest absolute Gasteiger partial charge is 0.350 e. The molecule has 1 saturated heterocycles. The van der Waals surface area contributed by atoms with Gasteiger partial charge in [0.05, 0.1) is 3.57 Å². The summed E-state index contributed by atoms with van der Waals surface area (Å²) in [6.45, 7) is 6.66. The number of esters is 3. The molecule has 0 unspecified atom stereocenters. The van der Waals surface area contributed by atoms with E-state index in [-0.39, 0.29) is 24.2 Å². The quantitative estimate of drug-likeness (QED) is 0.102. The molecule has 2 heterocycles. The van der Waals surface area contributed by atoms with E-state index in [9.17, 15) is 28.8 Å². The van der Waals surface area contributed by atoms with Crippen LogP contribution < -0.4 is 16.3 Å². The summed E-state index contributed by atoms with van der Waals surface area (Å²) in [7, 11) is 2.35. The Labute approximate surface area is 245 Å². The summed E-state index contributed by atoms with van der Waals surface area (Å²) in [4.78, 5) is 75.8. The van der Waals surface area contributed by atoms with Crippen molar-refractivity contribution in [1.29, 1.82) is 0 Å². The van der Waals surface area contributed by atoms with Crippen molar-refractivity contribution < 1.29 is 42.9 Å². The van der Waals surface area contributed by atoms with Gasteiger partial charge < -0.3 is 29.6 Å². The van der Waals surface area contributed by atoms with E-state index < -0.39 is 54.2 Å². The van der Waals surface area contributed by atoms with E-state index in [1.165, 1.54) is 30.8 Å². The Morgan fingerprint density at radius 2 is 1.74 bits per heavy atom. The molecule has 1 aliphatic rings. The Bertz CT molecular complexity index is 1150. The number of rotatable bonds is 12. The maximum Gasteiger partial charge on any atom is 0.350 e. The average Bonchev–Trinajstić information content (AvgIpc) is 3.14. The van der Waals surface area contributed by atoms with E-state index in [4.69, 9.17) is 18.9 Å². The van der Waals surface area contributed by atoms with Crippen molar-refractivity contribution in [3.05, 3.63) is 20.3 Å². The molecule has 216 valence electrons. The molecular formula is C22H29IN4O10S2. The minimum atomic E-state index is -1.24. The number of halogens is 1. The average molecular weight is 701 g/mol. The Kier molecular flexibility index (Phi) is 13.0. The van der Waals surface area contributed by atoms with Gasteiger partial charge in [-0.3, -0.25) is 28.5 Å². The normalized spacial score (nSPS) is 21.0. The first-order valence-electron chi connectivity index (χ1n) is 11.6. The molecular weight excluding hydrogens is 671 g/mol. The molecule has 1 aromatic rings. The molecule has 39 heavy (non-hydrogen) atoms. The van der Waals surface area contributed by atoms with Crippen molar-refractivity contribution in [3.63, 3.8) is 0 Å². The van der Waals surface area contributed by atoms with Gasteiger partial charge in [0.1, 0.15) is 23.8 Å². The van der Waals surface area contributed by atoms with Crippen molar-refractivity contribution in [2.24, 2.45) is 0 Å². The van der Waals surface area contributed by atoms with E-state index in [2.05, 4.69) is 15.6 Å². The zero-order chi connectivity index (χ0) is 29.3. The lowest BCUT2D eigenvalue weighted by molar-refractivity contribution is -0.166. The zero-order valence-corrected chi connectivity index (χ0v) is 25.5. The molecule has 0 aromatic carbocycles. The third-order valence-electron chi connectivity index (χ3n) is 4.91. The summed E-state index contributed by atoms with van der Waals surface area (Å²) in [6.07, 6.45) is -3.22. The van der Waals surface area contributed by atoms with Gasteiger partial charge in [-0.1, -0.05) is 10.8 Å². The van der Waals surface area contributed by atoms with Crippen molar-refractivity contribution in [2.75, 3.05) is 18.9 Å². The molecule has 2 rings (SSSR count). The maximum atomic E-state index is 13.0. The molecule has 5 atom stereocenters. The Morgan fingerprint density at radius 3 is 2.31 bits per heavy atom. The number of ether oxygens (including phenoxy) is 4. The number of nitrogens with one attached hydrogen (secondary N) is 2. The van der Waals surface area contributed by atoms with Gasteiger partial charge in [0.25, 0.3) is 0 Å². The fraction of sp³-hybridized carbons (Fsp3) is 0.591. The Balaban J connectivity index is 2.28. The van der Waals surface area contributed by atoms with Gasteiger partial charge in [-0.15, -0.1) is 0 Å². The highest BCUT2D eigenvalue weighted by atomic mass is 127. The second-order valence-electron chi connectivity index (χ2n) is 8.12. The highest BCUT2D eigenvalue weighted by Gasteiger charge is 2.51. The summed E-state index contributed by atoms with van der Waals surface area (Å²) in [5, 5.41) is 5.58. The van der Waals surface area contributed by atoms with Gasteiger partial charge in [-0.2, -0.15) is 4.98 Å². The largest absolute Gasteiger partial charge is 0.463 e. The maximum absolute atomic E-state index is 13.0. The van der Waals surface area contributed by atoms with Crippen LogP contribution in [-0.4, -0.2) is 82.5 Å². The van der Waals surface area contributed by atoms with Crippen LogP contribution in [0.25, 0.3) is 0 Å². The van der Waals surface area contributed by atoms with Gasteiger partial charge in [0.2, 0.25) is 11.8 Å². The first-order chi connectivity index (χ1) is 18.3. The lowest BCUT2D eigenvalue weighted by atomic mass is 10.1. The Hall–Kier alpha value is -2.38. The molecule has 1 fully saturated rings. The minimum absolute atomic E-state index is 0.207. The summed E-state index contributed by atoms with van der Waals surface area (Å²) < 4.78 is 23.2. The second kappa shape index (κ2) is 15.4. The van der Waals surface area contributed by atoms with Gasteiger partial charge in [-0.25, -0.2) is 4.79 Å². The molecule has 2 amide bonds. The minimum Gasteiger partial charge on any atom is -0.463 e. The van der Waals surface area contributed by atoms with Crippen LogP contribution in [0, 0.1) is 3.57 Å². The number of carbonyl (C=O) groups excluding carboxylic acids is 5. The van der Waals surface area contributed by atoms with Crippen LogP contribution in [-0.2, 0) is 42.9 Å². The van der Waals surface area contributed by atoms with Crippen LogP contribution in [0.4, 0.5) is 0 Å². The zero-order valence-electron chi connectivity index (χ0n) is 21.8. The first-order valence-corrected chi connectivity index (χ1v) is 15.0. The number of likely N-dealkylation sites (N-methyl/N-ethyl adjacent to an activating group) is 1. The van der Waals surface area contributed by atoms with Crippen molar-refractivity contribution in [1.82, 2.24) is 20.2 Å². The number of aromatic nitrogens is 2. The lowest BCUT2D eigenvalue weighted by Crippen LogP contribution is -2.47. The third-order valence-corrected chi connectivity index (χ3v) is 8.35. The number of hydrogen-bond donors (Lipinski definition) is 2. The molecule has 17 heteroatoms. The van der Waals surface area contributed by atoms with Gasteiger partial charge >= 0.3 is 23.6 Å². The van der Waals surface area contributed by atoms with E-state index in [0.717, 1.165) is 29.2 Å². The van der Waals surface area contributed by atoms with Crippen molar-refractivity contribution >= 4 is 73.9 Å². The third kappa shape index (κ3) is 9.95. The van der Waals surface area contributed by atoms with Crippen molar-refractivity contribution in [3.8, 4) is 0 Å². The van der Waals surface area contributed by atoms with Gasteiger partial charge in [0.15, 0.2) is 18.4 Å². The summed E-state index contributed by atoms with van der Waals surface area (Å²) >= 11 is 1.96. The number of nitrogens with zero attached hydrogens (tertiary/aromatic N) is 2. The molecule has 0 saturated carbocycles. The summed E-state index contributed by atoms with van der Waals surface area (Å²) in [5.74, 6) is -2.49. The highest BCUT2D eigenvalue weighted by Crippen LogP contribution is 2.36. The molecule has 1 aliphatic heterocycles. The first kappa shape index (κ1) is 32.8. The summed E-state index contributed by atoms with van der Waals surface area (Å²) in [6, 6.07) is -0.776. The number of carbonyl (C=O) groups is 5. The summed E-state index contributed by atoms with van der Waals surface area (Å²) in [5.41, 5.74) is -0.752. The SMILES string of the molecule is CCNC(=O)[C@H](CSSc1nc(=O)n([C@@H]2O[C@H](COC(C)=O)[C@@H](OC(C)=O)[C@H]2OC(C)=O)cc1I)NC(C)=O. The van der Waals surface area contributed by atoms with E-state index in [1.807, 2.05) is 22.6 Å².